The fourth-order valence-corrected chi connectivity index (χ4v) is 2.07. The van der Waals surface area contributed by atoms with Crippen LogP contribution in [0.2, 0.25) is 0 Å². The van der Waals surface area contributed by atoms with Crippen LogP contribution in [-0.2, 0) is 6.54 Å². The van der Waals surface area contributed by atoms with Crippen LogP contribution >= 0.6 is 31.9 Å². The minimum Gasteiger partial charge on any atom is -0.452 e. The predicted octanol–water partition coefficient (Wildman–Crippen LogP) is 3.45. The fourth-order valence-electron chi connectivity index (χ4n) is 1.42. The van der Waals surface area contributed by atoms with Gasteiger partial charge < -0.3 is 14.8 Å². The lowest BCUT2D eigenvalue weighted by molar-refractivity contribution is 0.211. The summed E-state index contributed by atoms with van der Waals surface area (Å²) in [6.07, 6.45) is 1.71. The van der Waals surface area contributed by atoms with Crippen molar-refractivity contribution in [2.45, 2.75) is 38.8 Å². The number of aliphatic hydroxyl groups excluding tert-OH is 1. The third-order valence-corrected chi connectivity index (χ3v) is 4.54. The van der Waals surface area contributed by atoms with Gasteiger partial charge in [0.05, 0.1) is 11.0 Å². The number of furan rings is 1. The second-order valence-electron chi connectivity index (χ2n) is 4.08. The van der Waals surface area contributed by atoms with Crippen molar-refractivity contribution in [3.63, 3.8) is 0 Å². The van der Waals surface area contributed by atoms with E-state index in [1.807, 2.05) is 6.07 Å². The summed E-state index contributed by atoms with van der Waals surface area (Å²) in [6, 6.07) is 1.94. The van der Waals surface area contributed by atoms with E-state index in [1.54, 1.807) is 0 Å². The SMILES string of the molecule is CCC(C)(CCO)NCc1cc(Br)c(Br)o1. The highest BCUT2D eigenvalue weighted by Crippen LogP contribution is 2.27. The number of hydrogen-bond acceptors (Lipinski definition) is 3. The third-order valence-electron chi connectivity index (χ3n) is 2.83. The third kappa shape index (κ3) is 3.87. The molecule has 1 rings (SSSR count). The number of nitrogens with one attached hydrogen (secondary N) is 1. The number of hydrogen-bond donors (Lipinski definition) is 2. The first-order chi connectivity index (χ1) is 7.50. The van der Waals surface area contributed by atoms with Gasteiger partial charge in [-0.05, 0) is 57.7 Å². The molecule has 0 saturated heterocycles. The first-order valence-corrected chi connectivity index (χ1v) is 6.89. The van der Waals surface area contributed by atoms with E-state index in [1.165, 1.54) is 0 Å². The van der Waals surface area contributed by atoms with Crippen LogP contribution in [0.5, 0.6) is 0 Å². The van der Waals surface area contributed by atoms with Crippen LogP contribution in [0.4, 0.5) is 0 Å². The normalized spacial score (nSPS) is 15.1. The average Bonchev–Trinajstić information content (AvgIpc) is 2.56. The molecule has 0 radical (unpaired) electrons. The van der Waals surface area contributed by atoms with Crippen LogP contribution in [0.15, 0.2) is 19.6 Å². The zero-order valence-corrected chi connectivity index (χ0v) is 12.7. The van der Waals surface area contributed by atoms with E-state index in [0.29, 0.717) is 11.2 Å². The molecule has 1 aromatic heterocycles. The van der Waals surface area contributed by atoms with Crippen molar-refractivity contribution in [1.29, 1.82) is 0 Å². The molecule has 0 bridgehead atoms. The Morgan fingerprint density at radius 1 is 1.50 bits per heavy atom. The van der Waals surface area contributed by atoms with Gasteiger partial charge in [-0.1, -0.05) is 6.92 Å². The number of aliphatic hydroxyl groups is 1. The van der Waals surface area contributed by atoms with Gasteiger partial charge in [0.25, 0.3) is 0 Å². The van der Waals surface area contributed by atoms with E-state index in [9.17, 15) is 0 Å². The molecular weight excluding hydrogens is 338 g/mol. The molecule has 92 valence electrons. The van der Waals surface area contributed by atoms with Crippen LogP contribution < -0.4 is 5.32 Å². The summed E-state index contributed by atoms with van der Waals surface area (Å²) in [5.74, 6) is 0.872. The Balaban J connectivity index is 2.55. The van der Waals surface area contributed by atoms with E-state index in [-0.39, 0.29) is 12.1 Å². The summed E-state index contributed by atoms with van der Waals surface area (Å²) >= 11 is 6.68. The topological polar surface area (TPSA) is 45.4 Å². The minimum atomic E-state index is -0.0412. The second kappa shape index (κ2) is 6.19. The van der Waals surface area contributed by atoms with E-state index < -0.39 is 0 Å². The molecule has 2 N–H and O–H groups in total. The van der Waals surface area contributed by atoms with Crippen molar-refractivity contribution in [1.82, 2.24) is 5.32 Å². The van der Waals surface area contributed by atoms with E-state index in [4.69, 9.17) is 9.52 Å². The standard InChI is InChI=1S/C11H17Br2NO2/c1-3-11(2,4-5-15)14-7-8-6-9(12)10(13)16-8/h6,14-15H,3-5,7H2,1-2H3. The highest BCUT2D eigenvalue weighted by molar-refractivity contribution is 9.13. The van der Waals surface area contributed by atoms with Crippen LogP contribution in [0.25, 0.3) is 0 Å². The second-order valence-corrected chi connectivity index (χ2v) is 5.65. The zero-order chi connectivity index (χ0) is 12.2. The molecule has 0 spiro atoms. The molecule has 0 amide bonds. The van der Waals surface area contributed by atoms with Crippen molar-refractivity contribution in [3.8, 4) is 0 Å². The first kappa shape index (κ1) is 14.2. The van der Waals surface area contributed by atoms with Gasteiger partial charge in [-0.2, -0.15) is 0 Å². The summed E-state index contributed by atoms with van der Waals surface area (Å²) in [5, 5.41) is 12.4. The zero-order valence-electron chi connectivity index (χ0n) is 9.52. The highest BCUT2D eigenvalue weighted by Gasteiger charge is 2.21. The molecule has 1 heterocycles. The lowest BCUT2D eigenvalue weighted by Crippen LogP contribution is -2.41. The summed E-state index contributed by atoms with van der Waals surface area (Å²) in [7, 11) is 0. The fraction of sp³-hybridized carbons (Fsp3) is 0.636. The van der Waals surface area contributed by atoms with E-state index in [2.05, 4.69) is 51.0 Å². The Morgan fingerprint density at radius 2 is 2.19 bits per heavy atom. The van der Waals surface area contributed by atoms with E-state index in [0.717, 1.165) is 23.1 Å². The Labute approximate surface area is 113 Å². The maximum atomic E-state index is 9.00. The molecule has 5 heteroatoms. The molecule has 16 heavy (non-hydrogen) atoms. The van der Waals surface area contributed by atoms with Gasteiger partial charge in [0, 0.05) is 12.1 Å². The Hall–Kier alpha value is 0.160. The molecule has 0 saturated carbocycles. The molecule has 1 aromatic rings. The largest absolute Gasteiger partial charge is 0.452 e. The lowest BCUT2D eigenvalue weighted by atomic mass is 9.95. The smallest absolute Gasteiger partial charge is 0.183 e. The van der Waals surface area contributed by atoms with Crippen molar-refractivity contribution in [2.75, 3.05) is 6.61 Å². The monoisotopic (exact) mass is 353 g/mol. The van der Waals surface area contributed by atoms with Gasteiger partial charge in [0.1, 0.15) is 5.76 Å². The maximum absolute atomic E-state index is 9.00. The molecular formula is C11H17Br2NO2. The summed E-state index contributed by atoms with van der Waals surface area (Å²) in [6.45, 7) is 5.07. The molecule has 0 aliphatic rings. The van der Waals surface area contributed by atoms with Gasteiger partial charge in [-0.3, -0.25) is 0 Å². The van der Waals surface area contributed by atoms with Crippen LogP contribution in [0.1, 0.15) is 32.4 Å². The van der Waals surface area contributed by atoms with Crippen LogP contribution in [0.3, 0.4) is 0 Å². The molecule has 3 nitrogen and oxygen atoms in total. The number of halogens is 2. The van der Waals surface area contributed by atoms with Crippen molar-refractivity contribution < 1.29 is 9.52 Å². The van der Waals surface area contributed by atoms with Crippen LogP contribution in [0, 0.1) is 0 Å². The number of rotatable bonds is 6. The van der Waals surface area contributed by atoms with Crippen LogP contribution in [-0.4, -0.2) is 17.3 Å². The lowest BCUT2D eigenvalue weighted by Gasteiger charge is -2.28. The molecule has 1 unspecified atom stereocenters. The van der Waals surface area contributed by atoms with Crippen molar-refractivity contribution >= 4 is 31.9 Å². The highest BCUT2D eigenvalue weighted by atomic mass is 79.9. The first-order valence-electron chi connectivity index (χ1n) is 5.30. The molecule has 0 fully saturated rings. The summed E-state index contributed by atoms with van der Waals surface area (Å²) in [4.78, 5) is 0. The van der Waals surface area contributed by atoms with Gasteiger partial charge in [0.2, 0.25) is 0 Å². The minimum absolute atomic E-state index is 0.0412. The average molecular weight is 355 g/mol. The summed E-state index contributed by atoms with van der Waals surface area (Å²) < 4.78 is 7.11. The van der Waals surface area contributed by atoms with Crippen molar-refractivity contribution in [2.24, 2.45) is 0 Å². The summed E-state index contributed by atoms with van der Waals surface area (Å²) in [5.41, 5.74) is -0.0412. The molecule has 0 aromatic carbocycles. The molecule has 0 aliphatic carbocycles. The van der Waals surface area contributed by atoms with E-state index >= 15 is 0 Å². The molecule has 1 atom stereocenters. The quantitative estimate of drug-likeness (QED) is 0.822. The van der Waals surface area contributed by atoms with Gasteiger partial charge in [-0.15, -0.1) is 0 Å². The molecule has 0 aliphatic heterocycles. The predicted molar refractivity (Wildman–Crippen MR) is 71.3 cm³/mol. The van der Waals surface area contributed by atoms with Gasteiger partial charge in [0.15, 0.2) is 4.67 Å². The Morgan fingerprint density at radius 3 is 2.62 bits per heavy atom. The Bertz CT molecular complexity index is 321. The van der Waals surface area contributed by atoms with Crippen molar-refractivity contribution in [3.05, 3.63) is 21.0 Å². The van der Waals surface area contributed by atoms with Gasteiger partial charge >= 0.3 is 0 Å². The van der Waals surface area contributed by atoms with Gasteiger partial charge in [-0.25, -0.2) is 0 Å². The Kier molecular flexibility index (Phi) is 5.50. The maximum Gasteiger partial charge on any atom is 0.183 e.